The highest BCUT2D eigenvalue weighted by Crippen LogP contribution is 2.12. The largest absolute Gasteiger partial charge is 0.428 e. The second-order valence-corrected chi connectivity index (χ2v) is 4.87. The van der Waals surface area contributed by atoms with Crippen LogP contribution in [0.5, 0.6) is 0 Å². The maximum absolute atomic E-state index is 11.7. The lowest BCUT2D eigenvalue weighted by Gasteiger charge is -2.03. The molecule has 0 spiro atoms. The molecule has 0 aliphatic heterocycles. The summed E-state index contributed by atoms with van der Waals surface area (Å²) >= 11 is 0. The second kappa shape index (κ2) is 4.74. The van der Waals surface area contributed by atoms with Crippen molar-refractivity contribution in [1.82, 2.24) is 4.83 Å². The fraction of sp³-hybridized carbons (Fsp3) is 0.222. The van der Waals surface area contributed by atoms with Crippen molar-refractivity contribution in [3.8, 4) is 0 Å². The summed E-state index contributed by atoms with van der Waals surface area (Å²) in [5.74, 6) is 0. The van der Waals surface area contributed by atoms with E-state index in [4.69, 9.17) is 0 Å². The SMILES string of the molecule is Cc1ccc(S(=O)(=O)N/N=C/C(F)(F)F)cc1. The maximum Gasteiger partial charge on any atom is 0.428 e. The Hall–Kier alpha value is -1.57. The minimum atomic E-state index is -4.66. The van der Waals surface area contributed by atoms with E-state index in [0.717, 1.165) is 5.56 Å². The molecule has 8 heteroatoms. The van der Waals surface area contributed by atoms with E-state index in [1.165, 1.54) is 29.1 Å². The molecule has 94 valence electrons. The molecule has 0 radical (unpaired) electrons. The van der Waals surface area contributed by atoms with E-state index < -0.39 is 22.4 Å². The quantitative estimate of drug-likeness (QED) is 0.670. The normalized spacial score (nSPS) is 12.9. The van der Waals surface area contributed by atoms with Gasteiger partial charge < -0.3 is 0 Å². The van der Waals surface area contributed by atoms with Crippen LogP contribution in [0.4, 0.5) is 13.2 Å². The summed E-state index contributed by atoms with van der Waals surface area (Å²) in [6.07, 6.45) is -5.09. The van der Waals surface area contributed by atoms with E-state index in [-0.39, 0.29) is 4.90 Å². The zero-order chi connectivity index (χ0) is 13.1. The Bertz CT molecular complexity index is 506. The van der Waals surface area contributed by atoms with Gasteiger partial charge in [0.2, 0.25) is 0 Å². The summed E-state index contributed by atoms with van der Waals surface area (Å²) < 4.78 is 58.0. The van der Waals surface area contributed by atoms with Crippen LogP contribution in [0.1, 0.15) is 5.56 Å². The van der Waals surface area contributed by atoms with Gasteiger partial charge in [-0.1, -0.05) is 17.7 Å². The van der Waals surface area contributed by atoms with E-state index in [1.54, 1.807) is 6.92 Å². The Morgan fingerprint density at radius 3 is 2.24 bits per heavy atom. The summed E-state index contributed by atoms with van der Waals surface area (Å²) in [6.45, 7) is 1.76. The Balaban J connectivity index is 2.83. The van der Waals surface area contributed by atoms with E-state index in [9.17, 15) is 21.6 Å². The minimum absolute atomic E-state index is 0.151. The molecular formula is C9H9F3N2O2S. The molecule has 17 heavy (non-hydrogen) atoms. The van der Waals surface area contributed by atoms with Crippen LogP contribution in [0.25, 0.3) is 0 Å². The van der Waals surface area contributed by atoms with Crippen molar-refractivity contribution in [3.05, 3.63) is 29.8 Å². The predicted octanol–water partition coefficient (Wildman–Crippen LogP) is 1.82. The summed E-state index contributed by atoms with van der Waals surface area (Å²) in [7, 11) is -4.05. The van der Waals surface area contributed by atoms with E-state index in [1.807, 2.05) is 0 Å². The number of aryl methyl sites for hydroxylation is 1. The average Bonchev–Trinajstić information content (AvgIpc) is 2.15. The lowest BCUT2D eigenvalue weighted by atomic mass is 10.2. The van der Waals surface area contributed by atoms with Crippen LogP contribution in [-0.4, -0.2) is 20.8 Å². The molecule has 1 aromatic rings. The first kappa shape index (κ1) is 13.5. The molecule has 0 amide bonds. The van der Waals surface area contributed by atoms with Gasteiger partial charge in [0, 0.05) is 0 Å². The number of nitrogens with zero attached hydrogens (tertiary/aromatic N) is 1. The summed E-state index contributed by atoms with van der Waals surface area (Å²) in [6, 6.07) is 5.62. The zero-order valence-electron chi connectivity index (χ0n) is 8.69. The third kappa shape index (κ3) is 4.43. The van der Waals surface area contributed by atoms with E-state index in [2.05, 4.69) is 5.10 Å². The Kier molecular flexibility index (Phi) is 3.76. The van der Waals surface area contributed by atoms with Gasteiger partial charge in [-0.25, -0.2) is 4.83 Å². The minimum Gasteiger partial charge on any atom is -0.200 e. The molecule has 0 aromatic heterocycles. The third-order valence-corrected chi connectivity index (χ3v) is 2.95. The topological polar surface area (TPSA) is 58.5 Å². The van der Waals surface area contributed by atoms with Crippen molar-refractivity contribution in [1.29, 1.82) is 0 Å². The fourth-order valence-electron chi connectivity index (χ4n) is 0.939. The van der Waals surface area contributed by atoms with E-state index in [0.29, 0.717) is 0 Å². The van der Waals surface area contributed by atoms with Crippen molar-refractivity contribution in [2.75, 3.05) is 0 Å². The molecule has 1 N–H and O–H groups in total. The number of hydrogen-bond donors (Lipinski definition) is 1. The van der Waals surface area contributed by atoms with Gasteiger partial charge in [0.25, 0.3) is 10.0 Å². The van der Waals surface area contributed by atoms with Gasteiger partial charge >= 0.3 is 6.18 Å². The molecule has 0 saturated carbocycles. The third-order valence-electron chi connectivity index (χ3n) is 1.72. The number of hydrogen-bond acceptors (Lipinski definition) is 3. The van der Waals surface area contributed by atoms with Gasteiger partial charge in [-0.15, -0.1) is 0 Å². The number of rotatable bonds is 3. The first-order valence-electron chi connectivity index (χ1n) is 4.40. The lowest BCUT2D eigenvalue weighted by molar-refractivity contribution is -0.0538. The maximum atomic E-state index is 11.7. The summed E-state index contributed by atoms with van der Waals surface area (Å²) in [4.78, 5) is 1.32. The predicted molar refractivity (Wildman–Crippen MR) is 56.0 cm³/mol. The Labute approximate surface area is 96.2 Å². The Morgan fingerprint density at radius 1 is 1.24 bits per heavy atom. The van der Waals surface area contributed by atoms with Crippen molar-refractivity contribution in [2.45, 2.75) is 18.0 Å². The van der Waals surface area contributed by atoms with Crippen molar-refractivity contribution >= 4 is 16.2 Å². The summed E-state index contributed by atoms with van der Waals surface area (Å²) in [5.41, 5.74) is 0.836. The van der Waals surface area contributed by atoms with Crippen LogP contribution >= 0.6 is 0 Å². The molecule has 0 atom stereocenters. The number of alkyl halides is 3. The molecule has 4 nitrogen and oxygen atoms in total. The highest BCUT2D eigenvalue weighted by Gasteiger charge is 2.24. The molecule has 1 rings (SSSR count). The number of nitrogens with one attached hydrogen (secondary N) is 1. The highest BCUT2D eigenvalue weighted by molar-refractivity contribution is 7.89. The number of halogens is 3. The van der Waals surface area contributed by atoms with Gasteiger partial charge in [-0.2, -0.15) is 26.7 Å². The molecule has 0 bridgehead atoms. The van der Waals surface area contributed by atoms with Crippen molar-refractivity contribution in [2.24, 2.45) is 5.10 Å². The van der Waals surface area contributed by atoms with Crippen LogP contribution < -0.4 is 4.83 Å². The molecule has 0 unspecified atom stereocenters. The molecule has 0 aliphatic rings. The number of benzene rings is 1. The Morgan fingerprint density at radius 2 is 1.76 bits per heavy atom. The average molecular weight is 266 g/mol. The molecule has 0 heterocycles. The first-order valence-corrected chi connectivity index (χ1v) is 5.88. The first-order chi connectivity index (χ1) is 7.71. The van der Waals surface area contributed by atoms with Crippen LogP contribution in [0.15, 0.2) is 34.3 Å². The smallest absolute Gasteiger partial charge is 0.200 e. The van der Waals surface area contributed by atoms with Crippen LogP contribution in [0.2, 0.25) is 0 Å². The van der Waals surface area contributed by atoms with Gasteiger partial charge in [0.05, 0.1) is 4.90 Å². The van der Waals surface area contributed by atoms with Crippen LogP contribution in [-0.2, 0) is 10.0 Å². The molecule has 0 aliphatic carbocycles. The van der Waals surface area contributed by atoms with Crippen molar-refractivity contribution in [3.63, 3.8) is 0 Å². The highest BCUT2D eigenvalue weighted by atomic mass is 32.2. The van der Waals surface area contributed by atoms with Crippen LogP contribution in [0, 0.1) is 6.92 Å². The number of hydrazone groups is 1. The monoisotopic (exact) mass is 266 g/mol. The standard InChI is InChI=1S/C9H9F3N2O2S/c1-7-2-4-8(5-3-7)17(15,16)14-13-6-9(10,11)12/h2-6,14H,1H3/b13-6+. The molecule has 0 fully saturated rings. The molecular weight excluding hydrogens is 257 g/mol. The van der Waals surface area contributed by atoms with Gasteiger partial charge in [-0.05, 0) is 19.1 Å². The lowest BCUT2D eigenvalue weighted by Crippen LogP contribution is -2.20. The van der Waals surface area contributed by atoms with Crippen molar-refractivity contribution < 1.29 is 21.6 Å². The summed E-state index contributed by atoms with van der Waals surface area (Å²) in [5, 5.41) is 2.63. The van der Waals surface area contributed by atoms with Gasteiger partial charge in [0.1, 0.15) is 6.21 Å². The van der Waals surface area contributed by atoms with E-state index >= 15 is 0 Å². The molecule has 0 saturated heterocycles. The van der Waals surface area contributed by atoms with Gasteiger partial charge in [0.15, 0.2) is 0 Å². The second-order valence-electron chi connectivity index (χ2n) is 3.21. The van der Waals surface area contributed by atoms with Crippen LogP contribution in [0.3, 0.4) is 0 Å². The number of sulfonamides is 1. The van der Waals surface area contributed by atoms with Gasteiger partial charge in [-0.3, -0.25) is 0 Å². The molecule has 1 aromatic carbocycles. The zero-order valence-corrected chi connectivity index (χ0v) is 9.51. The fourth-order valence-corrected chi connectivity index (χ4v) is 1.73.